The van der Waals surface area contributed by atoms with Gasteiger partial charge in [0.25, 0.3) is 0 Å². The summed E-state index contributed by atoms with van der Waals surface area (Å²) in [6, 6.07) is 8.26. The van der Waals surface area contributed by atoms with Gasteiger partial charge < -0.3 is 4.90 Å². The fraction of sp³-hybridized carbons (Fsp3) is 0.500. The SMILES string of the molecule is CCC(=O)[C@H](C)CN(C)c1ccccc1C. The summed E-state index contributed by atoms with van der Waals surface area (Å²) in [6.45, 7) is 6.81. The van der Waals surface area contributed by atoms with Crippen LogP contribution in [0.25, 0.3) is 0 Å². The molecule has 2 heteroatoms. The number of ketones is 1. The third-order valence-corrected chi connectivity index (χ3v) is 2.97. The molecule has 88 valence electrons. The highest BCUT2D eigenvalue weighted by Gasteiger charge is 2.14. The van der Waals surface area contributed by atoms with Gasteiger partial charge in [0.15, 0.2) is 0 Å². The minimum absolute atomic E-state index is 0.106. The highest BCUT2D eigenvalue weighted by Crippen LogP contribution is 2.19. The van der Waals surface area contributed by atoms with Crippen molar-refractivity contribution in [2.45, 2.75) is 27.2 Å². The van der Waals surface area contributed by atoms with E-state index in [1.807, 2.05) is 33.0 Å². The minimum Gasteiger partial charge on any atom is -0.374 e. The zero-order valence-electron chi connectivity index (χ0n) is 10.7. The molecule has 1 aromatic carbocycles. The van der Waals surface area contributed by atoms with E-state index in [0.29, 0.717) is 12.2 Å². The number of carbonyl (C=O) groups is 1. The first-order chi connectivity index (χ1) is 7.56. The number of para-hydroxylation sites is 1. The Kier molecular flexibility index (Phi) is 4.53. The summed E-state index contributed by atoms with van der Waals surface area (Å²) in [5, 5.41) is 0. The van der Waals surface area contributed by atoms with Crippen LogP contribution in [0.2, 0.25) is 0 Å². The normalized spacial score (nSPS) is 12.2. The molecule has 1 atom stereocenters. The van der Waals surface area contributed by atoms with E-state index >= 15 is 0 Å². The topological polar surface area (TPSA) is 20.3 Å². The fourth-order valence-corrected chi connectivity index (χ4v) is 1.95. The molecule has 0 N–H and O–H groups in total. The highest BCUT2D eigenvalue weighted by atomic mass is 16.1. The average Bonchev–Trinajstić information content (AvgIpc) is 2.28. The third kappa shape index (κ3) is 3.09. The summed E-state index contributed by atoms with van der Waals surface area (Å²) in [4.78, 5) is 13.7. The van der Waals surface area contributed by atoms with Crippen LogP contribution in [-0.2, 0) is 4.79 Å². The molecule has 0 heterocycles. The Morgan fingerprint density at radius 1 is 1.38 bits per heavy atom. The van der Waals surface area contributed by atoms with Crippen molar-refractivity contribution in [2.24, 2.45) is 5.92 Å². The van der Waals surface area contributed by atoms with Crippen molar-refractivity contribution in [1.29, 1.82) is 0 Å². The maximum Gasteiger partial charge on any atom is 0.137 e. The zero-order chi connectivity index (χ0) is 12.1. The Morgan fingerprint density at radius 2 is 2.00 bits per heavy atom. The van der Waals surface area contributed by atoms with E-state index in [9.17, 15) is 4.79 Å². The number of benzene rings is 1. The number of aryl methyl sites for hydroxylation is 1. The predicted molar refractivity (Wildman–Crippen MR) is 68.9 cm³/mol. The molecule has 0 fully saturated rings. The molecule has 0 saturated carbocycles. The van der Waals surface area contributed by atoms with Gasteiger partial charge in [-0.15, -0.1) is 0 Å². The molecular weight excluding hydrogens is 198 g/mol. The molecule has 16 heavy (non-hydrogen) atoms. The lowest BCUT2D eigenvalue weighted by molar-refractivity contribution is -0.121. The van der Waals surface area contributed by atoms with Crippen molar-refractivity contribution in [3.8, 4) is 0 Å². The summed E-state index contributed by atoms with van der Waals surface area (Å²) in [5.74, 6) is 0.440. The van der Waals surface area contributed by atoms with Crippen molar-refractivity contribution in [3.05, 3.63) is 29.8 Å². The second-order valence-corrected chi connectivity index (χ2v) is 4.39. The number of Topliss-reactive ketones (excluding diaryl/α,β-unsaturated/α-hetero) is 1. The number of anilines is 1. The van der Waals surface area contributed by atoms with E-state index in [-0.39, 0.29) is 5.92 Å². The Morgan fingerprint density at radius 3 is 2.56 bits per heavy atom. The summed E-state index contributed by atoms with van der Waals surface area (Å²) in [7, 11) is 2.04. The van der Waals surface area contributed by atoms with E-state index in [1.165, 1.54) is 11.3 Å². The van der Waals surface area contributed by atoms with Gasteiger partial charge in [0.05, 0.1) is 0 Å². The highest BCUT2D eigenvalue weighted by molar-refractivity contribution is 5.81. The molecule has 0 radical (unpaired) electrons. The quantitative estimate of drug-likeness (QED) is 0.758. The van der Waals surface area contributed by atoms with E-state index in [1.54, 1.807) is 0 Å². The number of rotatable bonds is 5. The maximum absolute atomic E-state index is 11.5. The van der Waals surface area contributed by atoms with Crippen LogP contribution in [0.1, 0.15) is 25.8 Å². The van der Waals surface area contributed by atoms with Gasteiger partial charge in [-0.3, -0.25) is 4.79 Å². The van der Waals surface area contributed by atoms with Gasteiger partial charge in [-0.2, -0.15) is 0 Å². The van der Waals surface area contributed by atoms with Crippen molar-refractivity contribution in [3.63, 3.8) is 0 Å². The molecular formula is C14H21NO. The van der Waals surface area contributed by atoms with E-state index in [0.717, 1.165) is 6.54 Å². The van der Waals surface area contributed by atoms with Crippen molar-refractivity contribution < 1.29 is 4.79 Å². The Balaban J connectivity index is 2.69. The first-order valence-corrected chi connectivity index (χ1v) is 5.85. The second kappa shape index (κ2) is 5.69. The lowest BCUT2D eigenvalue weighted by Crippen LogP contribution is -2.28. The monoisotopic (exact) mass is 219 g/mol. The predicted octanol–water partition coefficient (Wildman–Crippen LogP) is 3.05. The van der Waals surface area contributed by atoms with Crippen LogP contribution >= 0.6 is 0 Å². The first kappa shape index (κ1) is 12.8. The molecule has 0 amide bonds. The largest absolute Gasteiger partial charge is 0.374 e. The van der Waals surface area contributed by atoms with Crippen LogP contribution in [0.5, 0.6) is 0 Å². The summed E-state index contributed by atoms with van der Waals surface area (Å²) >= 11 is 0. The fourth-order valence-electron chi connectivity index (χ4n) is 1.95. The van der Waals surface area contributed by atoms with Gasteiger partial charge in [0.1, 0.15) is 5.78 Å². The van der Waals surface area contributed by atoms with Crippen molar-refractivity contribution in [1.82, 2.24) is 0 Å². The molecule has 0 spiro atoms. The van der Waals surface area contributed by atoms with Crippen LogP contribution in [0, 0.1) is 12.8 Å². The summed E-state index contributed by atoms with van der Waals surface area (Å²) in [5.41, 5.74) is 2.46. The Labute approximate surface area is 98.3 Å². The average molecular weight is 219 g/mol. The minimum atomic E-state index is 0.106. The van der Waals surface area contributed by atoms with Crippen LogP contribution in [-0.4, -0.2) is 19.4 Å². The van der Waals surface area contributed by atoms with Crippen LogP contribution in [0.3, 0.4) is 0 Å². The molecule has 1 aromatic rings. The van der Waals surface area contributed by atoms with Gasteiger partial charge >= 0.3 is 0 Å². The molecule has 0 bridgehead atoms. The molecule has 0 aromatic heterocycles. The summed E-state index contributed by atoms with van der Waals surface area (Å²) in [6.07, 6.45) is 0.628. The molecule has 0 aliphatic carbocycles. The molecule has 2 nitrogen and oxygen atoms in total. The van der Waals surface area contributed by atoms with Crippen molar-refractivity contribution >= 4 is 11.5 Å². The zero-order valence-corrected chi connectivity index (χ0v) is 10.7. The van der Waals surface area contributed by atoms with Gasteiger partial charge in [-0.25, -0.2) is 0 Å². The number of nitrogens with zero attached hydrogens (tertiary/aromatic N) is 1. The number of hydrogen-bond acceptors (Lipinski definition) is 2. The third-order valence-electron chi connectivity index (χ3n) is 2.97. The molecule has 0 unspecified atom stereocenters. The molecule has 0 aliphatic rings. The second-order valence-electron chi connectivity index (χ2n) is 4.39. The lowest BCUT2D eigenvalue weighted by Gasteiger charge is -2.24. The van der Waals surface area contributed by atoms with Gasteiger partial charge in [0, 0.05) is 31.6 Å². The van der Waals surface area contributed by atoms with Crippen LogP contribution < -0.4 is 4.90 Å². The standard InChI is InChI=1S/C14H21NO/c1-5-14(16)12(3)10-15(4)13-9-7-6-8-11(13)2/h6-9,12H,5,10H2,1-4H3/t12-/m1/s1. The maximum atomic E-state index is 11.5. The Hall–Kier alpha value is -1.31. The number of carbonyl (C=O) groups excluding carboxylic acids is 1. The lowest BCUT2D eigenvalue weighted by atomic mass is 10.0. The molecule has 1 rings (SSSR count). The molecule has 0 saturated heterocycles. The number of hydrogen-bond donors (Lipinski definition) is 0. The smallest absolute Gasteiger partial charge is 0.137 e. The van der Waals surface area contributed by atoms with Crippen LogP contribution in [0.4, 0.5) is 5.69 Å². The van der Waals surface area contributed by atoms with Crippen molar-refractivity contribution in [2.75, 3.05) is 18.5 Å². The first-order valence-electron chi connectivity index (χ1n) is 5.85. The van der Waals surface area contributed by atoms with Gasteiger partial charge in [-0.1, -0.05) is 32.0 Å². The summed E-state index contributed by atoms with van der Waals surface area (Å²) < 4.78 is 0. The molecule has 0 aliphatic heterocycles. The van der Waals surface area contributed by atoms with E-state index < -0.39 is 0 Å². The van der Waals surface area contributed by atoms with E-state index in [2.05, 4.69) is 24.0 Å². The Bertz CT molecular complexity index is 360. The van der Waals surface area contributed by atoms with Crippen LogP contribution in [0.15, 0.2) is 24.3 Å². The van der Waals surface area contributed by atoms with Gasteiger partial charge in [-0.05, 0) is 18.6 Å². The van der Waals surface area contributed by atoms with Gasteiger partial charge in [0.2, 0.25) is 0 Å². The van der Waals surface area contributed by atoms with E-state index in [4.69, 9.17) is 0 Å².